The van der Waals surface area contributed by atoms with Crippen LogP contribution in [0.5, 0.6) is 0 Å². The molecule has 7 heteroatoms. The van der Waals surface area contributed by atoms with Crippen LogP contribution in [0.15, 0.2) is 59.4 Å². The predicted molar refractivity (Wildman–Crippen MR) is 99.3 cm³/mol. The summed E-state index contributed by atoms with van der Waals surface area (Å²) in [5.41, 5.74) is 7.32. The fraction of sp³-hybridized carbons (Fsp3) is 0.167. The number of halogens is 1. The highest BCUT2D eigenvalue weighted by Crippen LogP contribution is 2.25. The molecule has 0 atom stereocenters. The van der Waals surface area contributed by atoms with Gasteiger partial charge in [0, 0.05) is 18.7 Å². The van der Waals surface area contributed by atoms with Crippen molar-refractivity contribution in [2.75, 3.05) is 5.43 Å². The summed E-state index contributed by atoms with van der Waals surface area (Å²) in [5.74, 6) is 0.692. The lowest BCUT2D eigenvalue weighted by Gasteiger charge is -2.13. The summed E-state index contributed by atoms with van der Waals surface area (Å²) in [5, 5.41) is 0.533. The predicted octanol–water partition coefficient (Wildman–Crippen LogP) is 3.10. The van der Waals surface area contributed by atoms with Gasteiger partial charge in [0.15, 0.2) is 0 Å². The minimum Gasteiger partial charge on any atom is -0.289 e. The zero-order valence-corrected chi connectivity index (χ0v) is 14.5. The van der Waals surface area contributed by atoms with E-state index in [9.17, 15) is 4.79 Å². The van der Waals surface area contributed by atoms with E-state index in [0.29, 0.717) is 29.5 Å². The minimum absolute atomic E-state index is 0.209. The molecule has 2 aromatic carbocycles. The molecule has 6 nitrogen and oxygen atoms in total. The second kappa shape index (κ2) is 7.92. The van der Waals surface area contributed by atoms with Crippen LogP contribution >= 0.6 is 11.6 Å². The minimum atomic E-state index is -0.378. The molecule has 128 valence electrons. The molecular formula is C18H18ClN5O. The molecule has 0 unspecified atom stereocenters. The maximum absolute atomic E-state index is 12.3. The van der Waals surface area contributed by atoms with E-state index in [4.69, 9.17) is 11.6 Å². The molecule has 25 heavy (non-hydrogen) atoms. The van der Waals surface area contributed by atoms with Gasteiger partial charge in [-0.2, -0.15) is 9.97 Å². The zero-order chi connectivity index (χ0) is 17.6. The van der Waals surface area contributed by atoms with Gasteiger partial charge in [-0.15, -0.1) is 0 Å². The molecule has 0 aliphatic rings. The second-order valence-electron chi connectivity index (χ2n) is 5.34. The van der Waals surface area contributed by atoms with Crippen LogP contribution in [0.1, 0.15) is 12.5 Å². The quantitative estimate of drug-likeness (QED) is 0.665. The van der Waals surface area contributed by atoms with E-state index in [1.165, 1.54) is 4.57 Å². The van der Waals surface area contributed by atoms with Crippen LogP contribution in [0.4, 0.5) is 5.95 Å². The van der Waals surface area contributed by atoms with Crippen LogP contribution in [0.3, 0.4) is 0 Å². The van der Waals surface area contributed by atoms with Gasteiger partial charge >= 0.3 is 5.69 Å². The molecule has 2 N–H and O–H groups in total. The number of hydrazine groups is 1. The van der Waals surface area contributed by atoms with Crippen LogP contribution in [0.25, 0.3) is 11.4 Å². The zero-order valence-electron chi connectivity index (χ0n) is 13.7. The van der Waals surface area contributed by atoms with E-state index in [-0.39, 0.29) is 11.6 Å². The maximum Gasteiger partial charge on any atom is 0.352 e. The number of rotatable bonds is 6. The van der Waals surface area contributed by atoms with E-state index in [1.807, 2.05) is 55.5 Å². The molecule has 0 fully saturated rings. The Bertz CT molecular complexity index is 911. The molecular weight excluding hydrogens is 338 g/mol. The Labute approximate surface area is 150 Å². The number of hydrogen-bond donors (Lipinski definition) is 2. The van der Waals surface area contributed by atoms with Crippen LogP contribution in [0.2, 0.25) is 5.02 Å². The molecule has 0 radical (unpaired) electrons. The van der Waals surface area contributed by atoms with Gasteiger partial charge in [-0.25, -0.2) is 10.2 Å². The smallest absolute Gasteiger partial charge is 0.289 e. The van der Waals surface area contributed by atoms with Crippen molar-refractivity contribution in [1.29, 1.82) is 0 Å². The highest BCUT2D eigenvalue weighted by Gasteiger charge is 2.13. The first-order valence-corrected chi connectivity index (χ1v) is 8.33. The number of nitrogens with one attached hydrogen (secondary N) is 2. The average molecular weight is 356 g/mol. The van der Waals surface area contributed by atoms with Gasteiger partial charge in [0.25, 0.3) is 0 Å². The Kier molecular flexibility index (Phi) is 5.42. The first-order valence-electron chi connectivity index (χ1n) is 7.95. The molecule has 0 aliphatic heterocycles. The van der Waals surface area contributed by atoms with Gasteiger partial charge in [-0.1, -0.05) is 54.1 Å². The Morgan fingerprint density at radius 3 is 2.48 bits per heavy atom. The summed E-state index contributed by atoms with van der Waals surface area (Å²) in [4.78, 5) is 20.7. The van der Waals surface area contributed by atoms with E-state index in [0.717, 1.165) is 5.56 Å². The molecule has 1 aromatic heterocycles. The summed E-state index contributed by atoms with van der Waals surface area (Å²) in [6, 6.07) is 17.2. The van der Waals surface area contributed by atoms with Gasteiger partial charge in [-0.3, -0.25) is 9.99 Å². The van der Waals surface area contributed by atoms with Crippen molar-refractivity contribution in [3.05, 3.63) is 75.7 Å². The third kappa shape index (κ3) is 4.04. The number of nitrogens with zero attached hydrogens (tertiary/aromatic N) is 3. The summed E-state index contributed by atoms with van der Waals surface area (Å²) < 4.78 is 1.49. The molecule has 3 aromatic rings. The lowest BCUT2D eigenvalue weighted by molar-refractivity contribution is 0.679. The fourth-order valence-electron chi connectivity index (χ4n) is 2.44. The summed E-state index contributed by atoms with van der Waals surface area (Å²) in [6.45, 7) is 2.89. The molecule has 0 saturated carbocycles. The van der Waals surface area contributed by atoms with Crippen LogP contribution in [0, 0.1) is 0 Å². The van der Waals surface area contributed by atoms with Crippen molar-refractivity contribution in [3.8, 4) is 11.4 Å². The van der Waals surface area contributed by atoms with Crippen molar-refractivity contribution in [3.63, 3.8) is 0 Å². The first kappa shape index (κ1) is 17.1. The SMILES string of the molecule is CCn1c(-c2ccccc2Cl)nc(NNCc2ccccc2)nc1=O. The topological polar surface area (TPSA) is 71.8 Å². The molecule has 1 heterocycles. The number of hydrogen-bond acceptors (Lipinski definition) is 5. The summed E-state index contributed by atoms with van der Waals surface area (Å²) in [6.07, 6.45) is 0. The first-order chi connectivity index (χ1) is 12.2. The Morgan fingerprint density at radius 2 is 1.76 bits per heavy atom. The maximum atomic E-state index is 12.3. The number of aromatic nitrogens is 3. The monoisotopic (exact) mass is 355 g/mol. The third-order valence-corrected chi connectivity index (χ3v) is 4.00. The Morgan fingerprint density at radius 1 is 1.04 bits per heavy atom. The average Bonchev–Trinajstić information content (AvgIpc) is 2.63. The molecule has 3 rings (SSSR count). The van der Waals surface area contributed by atoms with Crippen LogP contribution in [-0.4, -0.2) is 14.5 Å². The second-order valence-corrected chi connectivity index (χ2v) is 5.75. The molecule has 0 bridgehead atoms. The van der Waals surface area contributed by atoms with Gasteiger partial charge in [0.2, 0.25) is 5.95 Å². The van der Waals surface area contributed by atoms with Gasteiger partial charge in [0.1, 0.15) is 5.82 Å². The third-order valence-electron chi connectivity index (χ3n) is 3.67. The van der Waals surface area contributed by atoms with Gasteiger partial charge in [-0.05, 0) is 24.6 Å². The highest BCUT2D eigenvalue weighted by atomic mass is 35.5. The Balaban J connectivity index is 1.86. The largest absolute Gasteiger partial charge is 0.352 e. The summed E-state index contributed by atoms with van der Waals surface area (Å²) in [7, 11) is 0. The lowest BCUT2D eigenvalue weighted by Crippen LogP contribution is -2.30. The van der Waals surface area contributed by atoms with E-state index in [1.54, 1.807) is 6.07 Å². The molecule has 0 amide bonds. The van der Waals surface area contributed by atoms with Crippen molar-refractivity contribution in [2.45, 2.75) is 20.0 Å². The standard InChI is InChI=1S/C18H18ClN5O/c1-2-24-16(14-10-6-7-11-15(14)19)21-17(22-18(24)25)23-20-12-13-8-4-3-5-9-13/h3-11,20H,2,12H2,1H3,(H,22,23,25). The van der Waals surface area contributed by atoms with Crippen molar-refractivity contribution >= 4 is 17.5 Å². The van der Waals surface area contributed by atoms with Crippen molar-refractivity contribution < 1.29 is 0 Å². The number of anilines is 1. The fourth-order valence-corrected chi connectivity index (χ4v) is 2.66. The van der Waals surface area contributed by atoms with Crippen LogP contribution in [-0.2, 0) is 13.1 Å². The normalized spacial score (nSPS) is 10.6. The van der Waals surface area contributed by atoms with Crippen LogP contribution < -0.4 is 16.5 Å². The lowest BCUT2D eigenvalue weighted by atomic mass is 10.2. The highest BCUT2D eigenvalue weighted by molar-refractivity contribution is 6.33. The van der Waals surface area contributed by atoms with Gasteiger partial charge in [0.05, 0.1) is 5.02 Å². The van der Waals surface area contributed by atoms with E-state index >= 15 is 0 Å². The van der Waals surface area contributed by atoms with Gasteiger partial charge < -0.3 is 0 Å². The Hall–Kier alpha value is -2.70. The van der Waals surface area contributed by atoms with Crippen molar-refractivity contribution in [2.24, 2.45) is 0 Å². The number of benzene rings is 2. The molecule has 0 spiro atoms. The van der Waals surface area contributed by atoms with E-state index < -0.39 is 0 Å². The van der Waals surface area contributed by atoms with Crippen molar-refractivity contribution in [1.82, 2.24) is 20.0 Å². The van der Waals surface area contributed by atoms with E-state index in [2.05, 4.69) is 20.8 Å². The molecule has 0 aliphatic carbocycles. The summed E-state index contributed by atoms with van der Waals surface area (Å²) >= 11 is 6.26. The molecule has 0 saturated heterocycles.